The van der Waals surface area contributed by atoms with Gasteiger partial charge in [-0.25, -0.2) is 0 Å². The Morgan fingerprint density at radius 2 is 1.08 bits per heavy atom. The van der Waals surface area contributed by atoms with Crippen LogP contribution in [0.1, 0.15) is 66.2 Å². The van der Waals surface area contributed by atoms with E-state index >= 15 is 0 Å². The molecule has 0 radical (unpaired) electrons. The van der Waals surface area contributed by atoms with E-state index in [9.17, 15) is 0 Å². The highest BCUT2D eigenvalue weighted by atomic mass is 14.2. The molecular weight excluding hydrogens is 144 g/mol. The third-order valence-corrected chi connectivity index (χ3v) is 3.00. The molecule has 0 rings (SSSR count). The lowest BCUT2D eigenvalue weighted by atomic mass is 9.87. The monoisotopic (exact) mass is 170 g/mol. The Morgan fingerprint density at radius 3 is 1.33 bits per heavy atom. The molecule has 12 heavy (non-hydrogen) atoms. The third kappa shape index (κ3) is 5.62. The molecular formula is C12H26. The second kappa shape index (κ2) is 7.64. The van der Waals surface area contributed by atoms with Crippen LogP contribution in [0.15, 0.2) is 0 Å². The van der Waals surface area contributed by atoms with Crippen molar-refractivity contribution in [3.05, 3.63) is 0 Å². The molecule has 0 aliphatic heterocycles. The Bertz CT molecular complexity index is 74.0. The highest BCUT2D eigenvalue weighted by molar-refractivity contribution is 4.61. The summed E-state index contributed by atoms with van der Waals surface area (Å²) in [6.07, 6.45) is 8.40. The highest BCUT2D eigenvalue weighted by Crippen LogP contribution is 2.22. The standard InChI is InChI=1S/C12H26/c1-5-7-9-11(3)12(4)10-8-6-2/h11-12H,5-10H2,1-4H3/t11-,12-/m1/s1. The molecule has 0 aliphatic carbocycles. The lowest BCUT2D eigenvalue weighted by Crippen LogP contribution is -2.07. The molecule has 0 fully saturated rings. The summed E-state index contributed by atoms with van der Waals surface area (Å²) in [6, 6.07) is 0. The molecule has 0 aromatic carbocycles. The number of hydrogen-bond acceptors (Lipinski definition) is 0. The van der Waals surface area contributed by atoms with Crippen molar-refractivity contribution in [2.24, 2.45) is 11.8 Å². The molecule has 0 aromatic heterocycles. The van der Waals surface area contributed by atoms with E-state index in [1.807, 2.05) is 0 Å². The van der Waals surface area contributed by atoms with Gasteiger partial charge in [0.05, 0.1) is 0 Å². The lowest BCUT2D eigenvalue weighted by molar-refractivity contribution is 0.328. The van der Waals surface area contributed by atoms with Gasteiger partial charge in [0.25, 0.3) is 0 Å². The van der Waals surface area contributed by atoms with Crippen molar-refractivity contribution in [3.8, 4) is 0 Å². The van der Waals surface area contributed by atoms with Gasteiger partial charge >= 0.3 is 0 Å². The average Bonchev–Trinajstić information content (AvgIpc) is 2.10. The van der Waals surface area contributed by atoms with Gasteiger partial charge in [0.2, 0.25) is 0 Å². The first-order valence-corrected chi connectivity index (χ1v) is 5.72. The molecule has 0 nitrogen and oxygen atoms in total. The van der Waals surface area contributed by atoms with Gasteiger partial charge in [0.15, 0.2) is 0 Å². The van der Waals surface area contributed by atoms with Crippen LogP contribution >= 0.6 is 0 Å². The van der Waals surface area contributed by atoms with Crippen LogP contribution in [0.2, 0.25) is 0 Å². The highest BCUT2D eigenvalue weighted by Gasteiger charge is 2.10. The summed E-state index contributed by atoms with van der Waals surface area (Å²) in [5, 5.41) is 0. The van der Waals surface area contributed by atoms with Gasteiger partial charge in [0.1, 0.15) is 0 Å². The predicted octanol–water partition coefficient (Wildman–Crippen LogP) is 4.64. The summed E-state index contributed by atoms with van der Waals surface area (Å²) in [5.74, 6) is 1.88. The molecule has 0 bridgehead atoms. The van der Waals surface area contributed by atoms with Crippen molar-refractivity contribution in [1.29, 1.82) is 0 Å². The smallest absolute Gasteiger partial charge is 0.0417 e. The van der Waals surface area contributed by atoms with Crippen molar-refractivity contribution < 1.29 is 0 Å². The van der Waals surface area contributed by atoms with Gasteiger partial charge < -0.3 is 0 Å². The summed E-state index contributed by atoms with van der Waals surface area (Å²) in [7, 11) is 0. The van der Waals surface area contributed by atoms with E-state index in [-0.39, 0.29) is 0 Å². The van der Waals surface area contributed by atoms with Crippen LogP contribution in [0.4, 0.5) is 0 Å². The molecule has 0 unspecified atom stereocenters. The quantitative estimate of drug-likeness (QED) is 0.522. The molecule has 74 valence electrons. The normalized spacial score (nSPS) is 16.0. The van der Waals surface area contributed by atoms with Crippen LogP contribution < -0.4 is 0 Å². The van der Waals surface area contributed by atoms with E-state index in [1.54, 1.807) is 0 Å². The predicted molar refractivity (Wildman–Crippen MR) is 57.4 cm³/mol. The minimum Gasteiger partial charge on any atom is -0.0654 e. The van der Waals surface area contributed by atoms with E-state index in [4.69, 9.17) is 0 Å². The second-order valence-electron chi connectivity index (χ2n) is 4.24. The topological polar surface area (TPSA) is 0 Å². The molecule has 0 saturated heterocycles. The van der Waals surface area contributed by atoms with Gasteiger partial charge in [-0.2, -0.15) is 0 Å². The summed E-state index contributed by atoms with van der Waals surface area (Å²) in [6.45, 7) is 9.39. The maximum Gasteiger partial charge on any atom is -0.0417 e. The first kappa shape index (κ1) is 12.0. The Labute approximate surface area is 78.8 Å². The minimum absolute atomic E-state index is 0.941. The molecule has 0 aliphatic rings. The van der Waals surface area contributed by atoms with Crippen LogP contribution in [0.25, 0.3) is 0 Å². The largest absolute Gasteiger partial charge is 0.0654 e. The Kier molecular flexibility index (Phi) is 7.64. The SMILES string of the molecule is CCCC[C@@H](C)[C@H](C)CCCC. The fourth-order valence-corrected chi connectivity index (χ4v) is 1.62. The number of rotatable bonds is 7. The van der Waals surface area contributed by atoms with E-state index in [2.05, 4.69) is 27.7 Å². The van der Waals surface area contributed by atoms with E-state index in [0.717, 1.165) is 11.8 Å². The zero-order valence-electron chi connectivity index (χ0n) is 9.40. The maximum atomic E-state index is 2.41. The van der Waals surface area contributed by atoms with Gasteiger partial charge in [-0.15, -0.1) is 0 Å². The molecule has 0 amide bonds. The molecule has 0 saturated carbocycles. The van der Waals surface area contributed by atoms with E-state index in [0.29, 0.717) is 0 Å². The van der Waals surface area contributed by atoms with Crippen molar-refractivity contribution in [2.45, 2.75) is 66.2 Å². The first-order valence-electron chi connectivity index (χ1n) is 5.72. The molecule has 0 N–H and O–H groups in total. The van der Waals surface area contributed by atoms with E-state index in [1.165, 1.54) is 38.5 Å². The first-order chi connectivity index (χ1) is 5.72. The fourth-order valence-electron chi connectivity index (χ4n) is 1.62. The Morgan fingerprint density at radius 1 is 0.750 bits per heavy atom. The van der Waals surface area contributed by atoms with Gasteiger partial charge in [-0.3, -0.25) is 0 Å². The summed E-state index contributed by atoms with van der Waals surface area (Å²) in [5.41, 5.74) is 0. The molecule has 2 atom stereocenters. The number of hydrogen-bond donors (Lipinski definition) is 0. The summed E-state index contributed by atoms with van der Waals surface area (Å²) < 4.78 is 0. The van der Waals surface area contributed by atoms with Gasteiger partial charge in [-0.05, 0) is 11.8 Å². The summed E-state index contributed by atoms with van der Waals surface area (Å²) >= 11 is 0. The second-order valence-corrected chi connectivity index (χ2v) is 4.24. The molecule has 0 heterocycles. The zero-order chi connectivity index (χ0) is 9.40. The van der Waals surface area contributed by atoms with Crippen LogP contribution in [-0.2, 0) is 0 Å². The molecule has 0 aromatic rings. The average molecular weight is 170 g/mol. The zero-order valence-corrected chi connectivity index (χ0v) is 9.40. The van der Waals surface area contributed by atoms with Crippen molar-refractivity contribution in [1.82, 2.24) is 0 Å². The van der Waals surface area contributed by atoms with Gasteiger partial charge in [0, 0.05) is 0 Å². The van der Waals surface area contributed by atoms with Gasteiger partial charge in [-0.1, -0.05) is 66.2 Å². The van der Waals surface area contributed by atoms with Crippen molar-refractivity contribution >= 4 is 0 Å². The van der Waals surface area contributed by atoms with Crippen LogP contribution in [-0.4, -0.2) is 0 Å². The Balaban J connectivity index is 3.39. The molecule has 0 heteroatoms. The minimum atomic E-state index is 0.941. The fraction of sp³-hybridized carbons (Fsp3) is 1.00. The van der Waals surface area contributed by atoms with Crippen LogP contribution in [0.3, 0.4) is 0 Å². The summed E-state index contributed by atoms with van der Waals surface area (Å²) in [4.78, 5) is 0. The van der Waals surface area contributed by atoms with Crippen molar-refractivity contribution in [2.75, 3.05) is 0 Å². The van der Waals surface area contributed by atoms with Crippen LogP contribution in [0.5, 0.6) is 0 Å². The number of unbranched alkanes of at least 4 members (excludes halogenated alkanes) is 2. The molecule has 0 spiro atoms. The third-order valence-electron chi connectivity index (χ3n) is 3.00. The van der Waals surface area contributed by atoms with E-state index < -0.39 is 0 Å². The maximum absolute atomic E-state index is 2.41. The lowest BCUT2D eigenvalue weighted by Gasteiger charge is -2.19. The van der Waals surface area contributed by atoms with Crippen LogP contribution in [0, 0.1) is 11.8 Å². The Hall–Kier alpha value is 0. The van der Waals surface area contributed by atoms with Crippen molar-refractivity contribution in [3.63, 3.8) is 0 Å².